The van der Waals surface area contributed by atoms with Crippen molar-refractivity contribution < 1.29 is 9.42 Å². The molecular weight excluding hydrogens is 520 g/mol. The summed E-state index contributed by atoms with van der Waals surface area (Å²) in [4.78, 5) is 18.0. The van der Waals surface area contributed by atoms with Crippen molar-refractivity contribution in [3.05, 3.63) is 52.5 Å². The molecule has 0 spiro atoms. The van der Waals surface area contributed by atoms with E-state index in [4.69, 9.17) is 10.4 Å². The fraction of sp³-hybridized carbons (Fsp3) is 0.407. The molecule has 0 atom stereocenters. The molecule has 4 bridgehead atoms. The van der Waals surface area contributed by atoms with Gasteiger partial charge in [0.15, 0.2) is 17.3 Å². The van der Waals surface area contributed by atoms with Crippen LogP contribution in [-0.2, 0) is 16.8 Å². The third-order valence-corrected chi connectivity index (χ3v) is 9.26. The predicted molar refractivity (Wildman–Crippen MR) is 140 cm³/mol. The van der Waals surface area contributed by atoms with Gasteiger partial charge in [-0.1, -0.05) is 18.2 Å². The average molecular weight is 547 g/mol. The Hall–Kier alpha value is -3.20. The zero-order valence-electron chi connectivity index (χ0n) is 19.8. The molecule has 184 valence electrons. The topological polar surface area (TPSA) is 112 Å². The Balaban J connectivity index is 1.19. The number of anilines is 2. The van der Waals surface area contributed by atoms with E-state index in [0.29, 0.717) is 11.5 Å². The van der Waals surface area contributed by atoms with Gasteiger partial charge in [-0.05, 0) is 118 Å². The van der Waals surface area contributed by atoms with Crippen LogP contribution in [0.3, 0.4) is 0 Å². The minimum Gasteiger partial charge on any atom is -0.379 e. The number of carbonyl (C=O) groups excluding carboxylic acids is 1. The number of carbonyl (C=O) groups is 1. The molecule has 2 aromatic carbocycles. The van der Waals surface area contributed by atoms with Crippen molar-refractivity contribution in [2.24, 2.45) is 17.8 Å². The molecule has 0 aliphatic heterocycles. The van der Waals surface area contributed by atoms with E-state index in [1.807, 2.05) is 24.3 Å². The highest BCUT2D eigenvalue weighted by atomic mass is 79.9. The first-order valence-corrected chi connectivity index (χ1v) is 13.4. The van der Waals surface area contributed by atoms with Gasteiger partial charge in [-0.15, -0.1) is 0 Å². The van der Waals surface area contributed by atoms with Crippen molar-refractivity contribution in [3.63, 3.8) is 0 Å². The van der Waals surface area contributed by atoms with Gasteiger partial charge in [0.25, 0.3) is 0 Å². The SMILES string of the molecule is Nc1nonc1-c1nc2ccccc2n1CC(=O)Nc1cc(C23CC4CC(CC(C4)C2)C3)ccc1Br. The van der Waals surface area contributed by atoms with Crippen LogP contribution in [-0.4, -0.2) is 25.8 Å². The van der Waals surface area contributed by atoms with E-state index < -0.39 is 0 Å². The van der Waals surface area contributed by atoms with E-state index in [0.717, 1.165) is 38.9 Å². The lowest BCUT2D eigenvalue weighted by Crippen LogP contribution is -2.48. The molecule has 8 nitrogen and oxygen atoms in total. The average Bonchev–Trinajstić information content (AvgIpc) is 3.42. The van der Waals surface area contributed by atoms with Crippen molar-refractivity contribution in [1.82, 2.24) is 19.9 Å². The lowest BCUT2D eigenvalue weighted by molar-refractivity contribution is -0.116. The second-order valence-corrected chi connectivity index (χ2v) is 11.8. The summed E-state index contributed by atoms with van der Waals surface area (Å²) in [5.41, 5.74) is 10.3. The molecule has 4 aromatic rings. The smallest absolute Gasteiger partial charge is 0.244 e. The molecule has 4 aliphatic carbocycles. The minimum atomic E-state index is -0.155. The normalized spacial score (nSPS) is 26.5. The zero-order valence-corrected chi connectivity index (χ0v) is 21.4. The van der Waals surface area contributed by atoms with Crippen LogP contribution in [0, 0.1) is 17.8 Å². The first kappa shape index (κ1) is 22.0. The molecule has 2 aromatic heterocycles. The standard InChI is InChI=1S/C27H27BrN6O2/c28-19-6-5-18(27-11-15-7-16(12-27)9-17(8-15)13-27)10-21(19)30-23(35)14-34-22-4-2-1-3-20(22)31-26(34)24-25(29)33-36-32-24/h1-6,10,15-17H,7-9,11-14H2,(H2,29,33)(H,30,35). The number of aromatic nitrogens is 4. The second-order valence-electron chi connectivity index (χ2n) is 10.9. The first-order chi connectivity index (χ1) is 17.5. The Morgan fingerprint density at radius 1 is 1.08 bits per heavy atom. The van der Waals surface area contributed by atoms with Crippen molar-refractivity contribution >= 4 is 44.4 Å². The van der Waals surface area contributed by atoms with Crippen LogP contribution in [0.1, 0.15) is 44.1 Å². The maximum atomic E-state index is 13.4. The number of imidazole rings is 1. The van der Waals surface area contributed by atoms with Gasteiger partial charge in [0.05, 0.1) is 16.7 Å². The Morgan fingerprint density at radius 3 is 2.50 bits per heavy atom. The molecule has 4 aliphatic rings. The van der Waals surface area contributed by atoms with Gasteiger partial charge in [-0.3, -0.25) is 4.79 Å². The third-order valence-electron chi connectivity index (χ3n) is 8.57. The number of amides is 1. The molecular formula is C27H27BrN6O2. The van der Waals surface area contributed by atoms with Crippen molar-refractivity contribution in [1.29, 1.82) is 0 Å². The summed E-state index contributed by atoms with van der Waals surface area (Å²) < 4.78 is 7.48. The summed E-state index contributed by atoms with van der Waals surface area (Å²) in [6.07, 6.45) is 8.08. The molecule has 36 heavy (non-hydrogen) atoms. The minimum absolute atomic E-state index is 0.0518. The number of nitrogen functional groups attached to an aromatic ring is 1. The molecule has 9 heteroatoms. The molecule has 0 unspecified atom stereocenters. The van der Waals surface area contributed by atoms with Gasteiger partial charge in [0.1, 0.15) is 6.54 Å². The Morgan fingerprint density at radius 2 is 1.81 bits per heavy atom. The molecule has 3 N–H and O–H groups in total. The first-order valence-electron chi connectivity index (χ1n) is 12.6. The largest absolute Gasteiger partial charge is 0.379 e. The summed E-state index contributed by atoms with van der Waals surface area (Å²) in [7, 11) is 0. The number of fused-ring (bicyclic) bond motifs is 1. The molecule has 2 heterocycles. The van der Waals surface area contributed by atoms with E-state index in [1.54, 1.807) is 4.57 Å². The highest BCUT2D eigenvalue weighted by Crippen LogP contribution is 2.61. The number of hydrogen-bond donors (Lipinski definition) is 2. The van der Waals surface area contributed by atoms with Crippen LogP contribution in [0.4, 0.5) is 11.5 Å². The van der Waals surface area contributed by atoms with Crippen molar-refractivity contribution in [3.8, 4) is 11.5 Å². The summed E-state index contributed by atoms with van der Waals surface area (Å²) in [6.45, 7) is 0.0518. The molecule has 0 radical (unpaired) electrons. The van der Waals surface area contributed by atoms with Gasteiger partial charge < -0.3 is 15.6 Å². The van der Waals surface area contributed by atoms with Crippen LogP contribution in [0.25, 0.3) is 22.6 Å². The Bertz CT molecular complexity index is 1460. The van der Waals surface area contributed by atoms with Crippen LogP contribution in [0.2, 0.25) is 0 Å². The number of halogens is 1. The maximum Gasteiger partial charge on any atom is 0.244 e. The fourth-order valence-corrected chi connectivity index (χ4v) is 7.86. The molecule has 0 saturated heterocycles. The molecule has 8 rings (SSSR count). The number of hydrogen-bond acceptors (Lipinski definition) is 6. The fourth-order valence-electron chi connectivity index (χ4n) is 7.52. The van der Waals surface area contributed by atoms with E-state index in [9.17, 15) is 4.79 Å². The van der Waals surface area contributed by atoms with Crippen LogP contribution < -0.4 is 11.1 Å². The molecule has 4 fully saturated rings. The van der Waals surface area contributed by atoms with Gasteiger partial charge in [-0.2, -0.15) is 0 Å². The van der Waals surface area contributed by atoms with Crippen molar-refractivity contribution in [2.45, 2.75) is 50.5 Å². The quantitative estimate of drug-likeness (QED) is 0.340. The number of rotatable bonds is 5. The Kier molecular flexibility index (Phi) is 4.99. The van der Waals surface area contributed by atoms with E-state index in [2.05, 4.69) is 54.7 Å². The molecule has 1 amide bonds. The third kappa shape index (κ3) is 3.55. The monoisotopic (exact) mass is 546 g/mol. The number of nitrogens with one attached hydrogen (secondary N) is 1. The lowest BCUT2D eigenvalue weighted by atomic mass is 9.48. The van der Waals surface area contributed by atoms with Crippen LogP contribution >= 0.6 is 15.9 Å². The van der Waals surface area contributed by atoms with Gasteiger partial charge in [0.2, 0.25) is 5.91 Å². The molecule has 4 saturated carbocycles. The number of para-hydroxylation sites is 2. The number of nitrogens with zero attached hydrogens (tertiary/aromatic N) is 4. The van der Waals surface area contributed by atoms with E-state index in [-0.39, 0.29) is 23.7 Å². The van der Waals surface area contributed by atoms with E-state index in [1.165, 1.54) is 44.1 Å². The maximum absolute atomic E-state index is 13.4. The van der Waals surface area contributed by atoms with Gasteiger partial charge in [0, 0.05) is 4.47 Å². The summed E-state index contributed by atoms with van der Waals surface area (Å²) in [6, 6.07) is 14.2. The second kappa shape index (κ2) is 8.16. The number of benzene rings is 2. The summed E-state index contributed by atoms with van der Waals surface area (Å²) >= 11 is 3.66. The lowest BCUT2D eigenvalue weighted by Gasteiger charge is -2.57. The van der Waals surface area contributed by atoms with Crippen LogP contribution in [0.5, 0.6) is 0 Å². The summed E-state index contributed by atoms with van der Waals surface area (Å²) in [5, 5.41) is 10.7. The van der Waals surface area contributed by atoms with Crippen LogP contribution in [0.15, 0.2) is 51.6 Å². The highest BCUT2D eigenvalue weighted by molar-refractivity contribution is 9.10. The van der Waals surface area contributed by atoms with E-state index >= 15 is 0 Å². The Labute approximate surface area is 216 Å². The number of nitrogens with two attached hydrogens (primary N) is 1. The predicted octanol–water partition coefficient (Wildman–Crippen LogP) is 5.54. The van der Waals surface area contributed by atoms with Gasteiger partial charge in [-0.25, -0.2) is 9.61 Å². The zero-order chi connectivity index (χ0) is 24.4. The van der Waals surface area contributed by atoms with Crippen molar-refractivity contribution in [2.75, 3.05) is 11.1 Å². The van der Waals surface area contributed by atoms with Gasteiger partial charge >= 0.3 is 0 Å². The summed E-state index contributed by atoms with van der Waals surface area (Å²) in [5.74, 6) is 3.03. The highest BCUT2D eigenvalue weighted by Gasteiger charge is 2.51.